The lowest BCUT2D eigenvalue weighted by atomic mass is 10.2. The van der Waals surface area contributed by atoms with Gasteiger partial charge in [0, 0.05) is 11.7 Å². The van der Waals surface area contributed by atoms with Crippen LogP contribution in [0.5, 0.6) is 0 Å². The van der Waals surface area contributed by atoms with Gasteiger partial charge in [-0.25, -0.2) is 12.8 Å². The first-order chi connectivity index (χ1) is 11.8. The van der Waals surface area contributed by atoms with Crippen LogP contribution < -0.4 is 5.32 Å². The molecule has 1 aromatic carbocycles. The fourth-order valence-corrected chi connectivity index (χ4v) is 4.89. The van der Waals surface area contributed by atoms with Gasteiger partial charge in [0.1, 0.15) is 11.6 Å². The third-order valence-corrected chi connectivity index (χ3v) is 6.33. The van der Waals surface area contributed by atoms with Crippen LogP contribution >= 0.6 is 12.2 Å². The first-order valence-corrected chi connectivity index (χ1v) is 10.1. The molecule has 1 atom stereocenters. The number of nitrogens with zero attached hydrogens (tertiary/aromatic N) is 1. The van der Waals surface area contributed by atoms with Gasteiger partial charge >= 0.3 is 0 Å². The number of furan rings is 1. The first kappa shape index (κ1) is 17.9. The Morgan fingerprint density at radius 3 is 2.84 bits per heavy atom. The molecule has 0 aliphatic carbocycles. The molecule has 1 aromatic heterocycles. The third kappa shape index (κ3) is 4.38. The van der Waals surface area contributed by atoms with Gasteiger partial charge in [-0.1, -0.05) is 6.07 Å². The molecule has 2 heterocycles. The largest absolute Gasteiger partial charge is 0.467 e. The SMILES string of the molecule is Cc1ccc(NC(=S)N(Cc2ccco2)[C@H]2CCS(=O)(=O)C2)cc1F. The van der Waals surface area contributed by atoms with Gasteiger partial charge in [-0.15, -0.1) is 0 Å². The summed E-state index contributed by atoms with van der Waals surface area (Å²) in [6.07, 6.45) is 2.07. The molecule has 5 nitrogen and oxygen atoms in total. The molecule has 0 spiro atoms. The first-order valence-electron chi connectivity index (χ1n) is 7.91. The van der Waals surface area contributed by atoms with Crippen LogP contribution in [-0.4, -0.2) is 36.0 Å². The molecule has 0 bridgehead atoms. The van der Waals surface area contributed by atoms with Crippen molar-refractivity contribution in [3.05, 3.63) is 53.7 Å². The number of anilines is 1. The van der Waals surface area contributed by atoms with Crippen molar-refractivity contribution >= 4 is 32.9 Å². The number of nitrogens with one attached hydrogen (secondary N) is 1. The summed E-state index contributed by atoms with van der Waals surface area (Å²) in [5.74, 6) is 0.559. The van der Waals surface area contributed by atoms with Gasteiger partial charge < -0.3 is 14.6 Å². The Kier molecular flexibility index (Phi) is 5.10. The number of rotatable bonds is 4. The van der Waals surface area contributed by atoms with Crippen molar-refractivity contribution in [2.24, 2.45) is 0 Å². The van der Waals surface area contributed by atoms with E-state index in [1.54, 1.807) is 36.3 Å². The fourth-order valence-electron chi connectivity index (χ4n) is 2.82. The van der Waals surface area contributed by atoms with Gasteiger partial charge in [0.25, 0.3) is 0 Å². The van der Waals surface area contributed by atoms with Gasteiger partial charge in [0.15, 0.2) is 14.9 Å². The van der Waals surface area contributed by atoms with E-state index in [9.17, 15) is 12.8 Å². The summed E-state index contributed by atoms with van der Waals surface area (Å²) in [7, 11) is -3.06. The number of hydrogen-bond acceptors (Lipinski definition) is 4. The molecule has 25 heavy (non-hydrogen) atoms. The van der Waals surface area contributed by atoms with E-state index in [0.29, 0.717) is 35.1 Å². The normalized spacial score (nSPS) is 18.9. The molecule has 1 aliphatic heterocycles. The maximum Gasteiger partial charge on any atom is 0.174 e. The molecule has 0 unspecified atom stereocenters. The molecule has 0 amide bonds. The van der Waals surface area contributed by atoms with Crippen molar-refractivity contribution in [2.45, 2.75) is 25.9 Å². The van der Waals surface area contributed by atoms with E-state index in [2.05, 4.69) is 5.32 Å². The summed E-state index contributed by atoms with van der Waals surface area (Å²) in [5, 5.41) is 3.36. The van der Waals surface area contributed by atoms with Crippen LogP contribution in [-0.2, 0) is 16.4 Å². The standard InChI is InChI=1S/C17H19FN2O3S2/c1-12-4-5-13(9-16(12)18)19-17(24)20(10-15-3-2-7-23-15)14-6-8-25(21,22)11-14/h2-5,7,9,14H,6,8,10-11H2,1H3,(H,19,24)/t14-/m0/s1. The summed E-state index contributed by atoms with van der Waals surface area (Å²) in [4.78, 5) is 1.80. The number of sulfone groups is 1. The second-order valence-corrected chi connectivity index (χ2v) is 8.77. The number of halogens is 1. The summed E-state index contributed by atoms with van der Waals surface area (Å²) >= 11 is 5.47. The molecule has 2 aromatic rings. The van der Waals surface area contributed by atoms with E-state index >= 15 is 0 Å². The van der Waals surface area contributed by atoms with Crippen LogP contribution in [0, 0.1) is 12.7 Å². The molecule has 0 radical (unpaired) electrons. The maximum absolute atomic E-state index is 13.7. The van der Waals surface area contributed by atoms with E-state index in [1.165, 1.54) is 6.07 Å². The molecule has 134 valence electrons. The highest BCUT2D eigenvalue weighted by atomic mass is 32.2. The number of thiocarbonyl (C=S) groups is 1. The lowest BCUT2D eigenvalue weighted by molar-refractivity contribution is 0.302. The van der Waals surface area contributed by atoms with Crippen LogP contribution in [0.1, 0.15) is 17.7 Å². The van der Waals surface area contributed by atoms with Gasteiger partial charge in [-0.05, 0) is 55.4 Å². The smallest absolute Gasteiger partial charge is 0.174 e. The Bertz CT molecular complexity index is 866. The molecule has 1 N–H and O–H groups in total. The third-order valence-electron chi connectivity index (χ3n) is 4.24. The monoisotopic (exact) mass is 382 g/mol. The highest BCUT2D eigenvalue weighted by Crippen LogP contribution is 2.22. The van der Waals surface area contributed by atoms with Crippen LogP contribution in [0.4, 0.5) is 10.1 Å². The topological polar surface area (TPSA) is 62.6 Å². The zero-order valence-electron chi connectivity index (χ0n) is 13.7. The summed E-state index contributed by atoms with van der Waals surface area (Å²) < 4.78 is 42.8. The number of aryl methyl sites for hydroxylation is 1. The number of benzene rings is 1. The average Bonchev–Trinajstić information content (AvgIpc) is 3.17. The Morgan fingerprint density at radius 1 is 1.44 bits per heavy atom. The van der Waals surface area contributed by atoms with E-state index in [-0.39, 0.29) is 23.4 Å². The molecule has 1 aliphatic rings. The minimum Gasteiger partial charge on any atom is -0.467 e. The second kappa shape index (κ2) is 7.13. The van der Waals surface area contributed by atoms with Crippen LogP contribution in [0.3, 0.4) is 0 Å². The molecular weight excluding hydrogens is 363 g/mol. The van der Waals surface area contributed by atoms with Crippen LogP contribution in [0.15, 0.2) is 41.0 Å². The van der Waals surface area contributed by atoms with Gasteiger partial charge in [-0.2, -0.15) is 0 Å². The Labute approximate surface area is 151 Å². The van der Waals surface area contributed by atoms with Gasteiger partial charge in [0.05, 0.1) is 24.3 Å². The Hall–Kier alpha value is -1.93. The molecule has 0 saturated carbocycles. The predicted molar refractivity (Wildman–Crippen MR) is 98.7 cm³/mol. The quantitative estimate of drug-likeness (QED) is 0.820. The zero-order valence-corrected chi connectivity index (χ0v) is 15.4. The van der Waals surface area contributed by atoms with Crippen molar-refractivity contribution in [1.29, 1.82) is 0 Å². The van der Waals surface area contributed by atoms with Crippen molar-refractivity contribution in [2.75, 3.05) is 16.8 Å². The summed E-state index contributed by atoms with van der Waals surface area (Å²) in [6.45, 7) is 2.04. The fraction of sp³-hybridized carbons (Fsp3) is 0.353. The Morgan fingerprint density at radius 2 is 2.24 bits per heavy atom. The summed E-state index contributed by atoms with van der Waals surface area (Å²) in [5.41, 5.74) is 1.07. The Balaban J connectivity index is 1.80. The highest BCUT2D eigenvalue weighted by molar-refractivity contribution is 7.91. The summed E-state index contributed by atoms with van der Waals surface area (Å²) in [6, 6.07) is 8.12. The average molecular weight is 382 g/mol. The van der Waals surface area contributed by atoms with Crippen LogP contribution in [0.2, 0.25) is 0 Å². The molecule has 1 saturated heterocycles. The van der Waals surface area contributed by atoms with Gasteiger partial charge in [-0.3, -0.25) is 0 Å². The van der Waals surface area contributed by atoms with Crippen LogP contribution in [0.25, 0.3) is 0 Å². The minimum absolute atomic E-state index is 0.0534. The minimum atomic E-state index is -3.06. The highest BCUT2D eigenvalue weighted by Gasteiger charge is 2.34. The maximum atomic E-state index is 13.7. The molecular formula is C17H19FN2O3S2. The number of hydrogen-bond donors (Lipinski definition) is 1. The second-order valence-electron chi connectivity index (χ2n) is 6.16. The predicted octanol–water partition coefficient (Wildman–Crippen LogP) is 3.11. The van der Waals surface area contributed by atoms with E-state index < -0.39 is 9.84 Å². The van der Waals surface area contributed by atoms with E-state index in [4.69, 9.17) is 16.6 Å². The molecule has 3 rings (SSSR count). The lowest BCUT2D eigenvalue weighted by Gasteiger charge is -2.30. The van der Waals surface area contributed by atoms with E-state index in [0.717, 1.165) is 0 Å². The van der Waals surface area contributed by atoms with E-state index in [1.807, 2.05) is 6.07 Å². The van der Waals surface area contributed by atoms with Crippen molar-refractivity contribution < 1.29 is 17.2 Å². The molecule has 8 heteroatoms. The van der Waals surface area contributed by atoms with Crippen molar-refractivity contribution in [1.82, 2.24) is 4.90 Å². The van der Waals surface area contributed by atoms with Crippen molar-refractivity contribution in [3.8, 4) is 0 Å². The zero-order chi connectivity index (χ0) is 18.0. The molecule has 1 fully saturated rings. The van der Waals surface area contributed by atoms with Crippen molar-refractivity contribution in [3.63, 3.8) is 0 Å². The van der Waals surface area contributed by atoms with Gasteiger partial charge in [0.2, 0.25) is 0 Å². The lowest BCUT2D eigenvalue weighted by Crippen LogP contribution is -2.42.